The van der Waals surface area contributed by atoms with E-state index in [9.17, 15) is 17.6 Å². The van der Waals surface area contributed by atoms with Crippen molar-refractivity contribution in [2.45, 2.75) is 4.90 Å². The van der Waals surface area contributed by atoms with E-state index in [1.807, 2.05) is 23.1 Å². The standard InChI is InChI=1S/C18H19ClFN3O3S/c19-16-12-15(6-7-17(16)20)27(25,26)23-10-8-22(9-11-23)13-18(24)21-14-4-2-1-3-5-14/h1-7,12H,8-11,13H2,(H,21,24). The molecule has 2 aromatic rings. The molecular formula is C18H19ClFN3O3S. The van der Waals surface area contributed by atoms with Gasteiger partial charge in [0.2, 0.25) is 15.9 Å². The molecule has 2 aromatic carbocycles. The molecule has 1 amide bonds. The molecule has 144 valence electrons. The van der Waals surface area contributed by atoms with Crippen molar-refractivity contribution in [1.29, 1.82) is 0 Å². The number of halogens is 2. The summed E-state index contributed by atoms with van der Waals surface area (Å²) in [6.45, 7) is 1.53. The summed E-state index contributed by atoms with van der Waals surface area (Å²) >= 11 is 5.70. The summed E-state index contributed by atoms with van der Waals surface area (Å²) in [5.74, 6) is -0.812. The van der Waals surface area contributed by atoms with Crippen molar-refractivity contribution in [2.24, 2.45) is 0 Å². The third kappa shape index (κ3) is 4.84. The lowest BCUT2D eigenvalue weighted by Crippen LogP contribution is -2.50. The first-order chi connectivity index (χ1) is 12.9. The maximum absolute atomic E-state index is 13.3. The number of nitrogens with one attached hydrogen (secondary N) is 1. The summed E-state index contributed by atoms with van der Waals surface area (Å²) in [6.07, 6.45) is 0. The molecule has 0 saturated carbocycles. The van der Waals surface area contributed by atoms with Gasteiger partial charge in [0.05, 0.1) is 16.5 Å². The molecule has 6 nitrogen and oxygen atoms in total. The van der Waals surface area contributed by atoms with Crippen molar-refractivity contribution < 1.29 is 17.6 Å². The lowest BCUT2D eigenvalue weighted by Gasteiger charge is -2.33. The first kappa shape index (κ1) is 19.8. The molecule has 1 N–H and O–H groups in total. The third-order valence-corrected chi connectivity index (χ3v) is 6.47. The van der Waals surface area contributed by atoms with Gasteiger partial charge in [0.25, 0.3) is 0 Å². The zero-order chi connectivity index (χ0) is 19.4. The van der Waals surface area contributed by atoms with Gasteiger partial charge in [-0.05, 0) is 30.3 Å². The van der Waals surface area contributed by atoms with Gasteiger partial charge >= 0.3 is 0 Å². The van der Waals surface area contributed by atoms with Gasteiger partial charge in [-0.3, -0.25) is 9.69 Å². The zero-order valence-electron chi connectivity index (χ0n) is 14.4. The zero-order valence-corrected chi connectivity index (χ0v) is 16.0. The Morgan fingerprint density at radius 2 is 1.74 bits per heavy atom. The van der Waals surface area contributed by atoms with Crippen LogP contribution >= 0.6 is 11.6 Å². The fourth-order valence-corrected chi connectivity index (χ4v) is 4.53. The molecule has 0 aromatic heterocycles. The average molecular weight is 412 g/mol. The molecule has 1 aliphatic rings. The second kappa shape index (κ2) is 8.35. The normalized spacial score (nSPS) is 16.2. The van der Waals surface area contributed by atoms with Crippen LogP contribution < -0.4 is 5.32 Å². The van der Waals surface area contributed by atoms with E-state index in [2.05, 4.69) is 5.32 Å². The number of carbonyl (C=O) groups is 1. The van der Waals surface area contributed by atoms with E-state index in [0.717, 1.165) is 17.8 Å². The number of nitrogens with zero attached hydrogens (tertiary/aromatic N) is 2. The highest BCUT2D eigenvalue weighted by molar-refractivity contribution is 7.89. The molecule has 1 aliphatic heterocycles. The predicted octanol–water partition coefficient (Wildman–Crippen LogP) is 2.42. The summed E-state index contributed by atoms with van der Waals surface area (Å²) < 4.78 is 39.9. The summed E-state index contributed by atoms with van der Waals surface area (Å²) in [4.78, 5) is 14.0. The summed E-state index contributed by atoms with van der Waals surface area (Å²) in [5.41, 5.74) is 0.719. The minimum absolute atomic E-state index is 0.0378. The minimum atomic E-state index is -3.75. The van der Waals surface area contributed by atoms with E-state index in [0.29, 0.717) is 13.1 Å². The van der Waals surface area contributed by atoms with Crippen molar-refractivity contribution in [1.82, 2.24) is 9.21 Å². The van der Waals surface area contributed by atoms with Crippen LogP contribution in [-0.2, 0) is 14.8 Å². The molecule has 1 saturated heterocycles. The Morgan fingerprint density at radius 3 is 2.37 bits per heavy atom. The molecule has 3 rings (SSSR count). The minimum Gasteiger partial charge on any atom is -0.325 e. The van der Waals surface area contributed by atoms with E-state index >= 15 is 0 Å². The van der Waals surface area contributed by atoms with Crippen LogP contribution in [0.15, 0.2) is 53.4 Å². The van der Waals surface area contributed by atoms with E-state index in [1.165, 1.54) is 10.4 Å². The van der Waals surface area contributed by atoms with Gasteiger partial charge < -0.3 is 5.32 Å². The van der Waals surface area contributed by atoms with Gasteiger partial charge in [-0.15, -0.1) is 0 Å². The fourth-order valence-electron chi connectivity index (χ4n) is 2.84. The number of anilines is 1. The summed E-state index contributed by atoms with van der Waals surface area (Å²) in [6, 6.07) is 12.5. The highest BCUT2D eigenvalue weighted by Crippen LogP contribution is 2.23. The average Bonchev–Trinajstić information content (AvgIpc) is 2.65. The van der Waals surface area contributed by atoms with Crippen LogP contribution in [0.5, 0.6) is 0 Å². The van der Waals surface area contributed by atoms with E-state index in [-0.39, 0.29) is 35.5 Å². The van der Waals surface area contributed by atoms with Crippen LogP contribution in [-0.4, -0.2) is 56.3 Å². The second-order valence-corrected chi connectivity index (χ2v) is 8.52. The Kier molecular flexibility index (Phi) is 6.11. The van der Waals surface area contributed by atoms with Crippen molar-refractivity contribution in [3.8, 4) is 0 Å². The van der Waals surface area contributed by atoms with E-state index in [4.69, 9.17) is 11.6 Å². The summed E-state index contributed by atoms with van der Waals surface area (Å²) in [5, 5.41) is 2.58. The van der Waals surface area contributed by atoms with Crippen molar-refractivity contribution in [3.63, 3.8) is 0 Å². The van der Waals surface area contributed by atoms with E-state index in [1.54, 1.807) is 12.1 Å². The van der Waals surface area contributed by atoms with Crippen LogP contribution in [0.4, 0.5) is 10.1 Å². The number of piperazine rings is 1. The highest BCUT2D eigenvalue weighted by Gasteiger charge is 2.29. The van der Waals surface area contributed by atoms with Gasteiger partial charge in [-0.1, -0.05) is 29.8 Å². The Labute approximate surface area is 162 Å². The van der Waals surface area contributed by atoms with Crippen LogP contribution in [0.25, 0.3) is 0 Å². The monoisotopic (exact) mass is 411 g/mol. The molecule has 1 heterocycles. The first-order valence-corrected chi connectivity index (χ1v) is 10.2. The van der Waals surface area contributed by atoms with Crippen molar-refractivity contribution >= 4 is 33.2 Å². The van der Waals surface area contributed by atoms with Crippen molar-refractivity contribution in [2.75, 3.05) is 38.0 Å². The Morgan fingerprint density at radius 1 is 1.07 bits per heavy atom. The molecule has 27 heavy (non-hydrogen) atoms. The molecular weight excluding hydrogens is 393 g/mol. The Hall–Kier alpha value is -2.00. The lowest BCUT2D eigenvalue weighted by atomic mass is 10.3. The summed E-state index contributed by atoms with van der Waals surface area (Å²) in [7, 11) is -3.75. The SMILES string of the molecule is O=C(CN1CCN(S(=O)(=O)c2ccc(F)c(Cl)c2)CC1)Nc1ccccc1. The van der Waals surface area contributed by atoms with Gasteiger partial charge in [0, 0.05) is 31.9 Å². The number of para-hydroxylation sites is 1. The van der Waals surface area contributed by atoms with Crippen molar-refractivity contribution in [3.05, 3.63) is 59.4 Å². The second-order valence-electron chi connectivity index (χ2n) is 6.17. The number of amides is 1. The van der Waals surface area contributed by atoms with E-state index < -0.39 is 15.8 Å². The Bertz CT molecular complexity index is 917. The van der Waals surface area contributed by atoms with Crippen LogP contribution in [0.1, 0.15) is 0 Å². The molecule has 0 spiro atoms. The van der Waals surface area contributed by atoms with Crippen LogP contribution in [0.2, 0.25) is 5.02 Å². The number of sulfonamides is 1. The maximum atomic E-state index is 13.3. The molecule has 9 heteroatoms. The molecule has 1 fully saturated rings. The Balaban J connectivity index is 1.56. The number of hydrogen-bond acceptors (Lipinski definition) is 4. The number of benzene rings is 2. The first-order valence-electron chi connectivity index (χ1n) is 8.39. The lowest BCUT2D eigenvalue weighted by molar-refractivity contribution is -0.117. The molecule has 0 bridgehead atoms. The van der Waals surface area contributed by atoms with Crippen LogP contribution in [0.3, 0.4) is 0 Å². The van der Waals surface area contributed by atoms with Gasteiger partial charge in [-0.2, -0.15) is 4.31 Å². The largest absolute Gasteiger partial charge is 0.325 e. The number of hydrogen-bond donors (Lipinski definition) is 1. The predicted molar refractivity (Wildman–Crippen MR) is 102 cm³/mol. The molecule has 0 radical (unpaired) electrons. The smallest absolute Gasteiger partial charge is 0.243 e. The topological polar surface area (TPSA) is 69.7 Å². The fraction of sp³-hybridized carbons (Fsp3) is 0.278. The molecule has 0 aliphatic carbocycles. The number of carbonyl (C=O) groups excluding carboxylic acids is 1. The third-order valence-electron chi connectivity index (χ3n) is 4.28. The quantitative estimate of drug-likeness (QED) is 0.820. The highest BCUT2D eigenvalue weighted by atomic mass is 35.5. The maximum Gasteiger partial charge on any atom is 0.243 e. The van der Waals surface area contributed by atoms with Gasteiger partial charge in [-0.25, -0.2) is 12.8 Å². The number of rotatable bonds is 5. The molecule has 0 unspecified atom stereocenters. The van der Waals surface area contributed by atoms with Gasteiger partial charge in [0.15, 0.2) is 0 Å². The molecule has 0 atom stereocenters. The van der Waals surface area contributed by atoms with Gasteiger partial charge in [0.1, 0.15) is 5.82 Å². The van der Waals surface area contributed by atoms with Crippen LogP contribution in [0, 0.1) is 5.82 Å².